The van der Waals surface area contributed by atoms with Gasteiger partial charge in [0.2, 0.25) is 0 Å². The first-order valence-corrected chi connectivity index (χ1v) is 6.50. The van der Waals surface area contributed by atoms with E-state index in [9.17, 15) is 5.11 Å². The highest BCUT2D eigenvalue weighted by Crippen LogP contribution is 2.52. The zero-order valence-electron chi connectivity index (χ0n) is 10.8. The first-order chi connectivity index (χ1) is 7.45. The van der Waals surface area contributed by atoms with Gasteiger partial charge in [0.05, 0.1) is 6.10 Å². The Kier molecular flexibility index (Phi) is 3.00. The molecule has 1 saturated carbocycles. The standard InChI is InChI=1S/C15H24O/c1-10(2)13-9-15(4)11(3)6-5-7-12(15)8-14(13)16/h8,11,13-14,16H,1,5-7,9H2,2-4H3/t11-,13-,14-,15+/m1/s1. The maximum Gasteiger partial charge on any atom is 0.0789 e. The van der Waals surface area contributed by atoms with Gasteiger partial charge < -0.3 is 5.11 Å². The number of aliphatic hydroxyl groups excluding tert-OH is 1. The summed E-state index contributed by atoms with van der Waals surface area (Å²) in [5.41, 5.74) is 2.93. The number of aliphatic hydroxyl groups is 1. The number of allylic oxidation sites excluding steroid dienone is 1. The number of fused-ring (bicyclic) bond motifs is 1. The summed E-state index contributed by atoms with van der Waals surface area (Å²) in [7, 11) is 0. The molecule has 0 amide bonds. The van der Waals surface area contributed by atoms with E-state index in [1.54, 1.807) is 0 Å². The van der Waals surface area contributed by atoms with Crippen molar-refractivity contribution >= 4 is 0 Å². The second kappa shape index (κ2) is 4.03. The number of rotatable bonds is 1. The van der Waals surface area contributed by atoms with Crippen LogP contribution in [0.5, 0.6) is 0 Å². The molecule has 0 saturated heterocycles. The van der Waals surface area contributed by atoms with E-state index in [-0.39, 0.29) is 12.0 Å². The Morgan fingerprint density at radius 1 is 1.56 bits per heavy atom. The van der Waals surface area contributed by atoms with Crippen LogP contribution in [0.1, 0.15) is 46.5 Å². The first kappa shape index (κ1) is 11.9. The highest BCUT2D eigenvalue weighted by Gasteiger charge is 2.43. The van der Waals surface area contributed by atoms with Gasteiger partial charge in [0, 0.05) is 5.92 Å². The largest absolute Gasteiger partial charge is 0.388 e. The molecule has 0 aromatic rings. The fourth-order valence-electron chi connectivity index (χ4n) is 3.49. The van der Waals surface area contributed by atoms with E-state index in [0.717, 1.165) is 17.9 Å². The van der Waals surface area contributed by atoms with Gasteiger partial charge in [0.25, 0.3) is 0 Å². The summed E-state index contributed by atoms with van der Waals surface area (Å²) in [4.78, 5) is 0. The van der Waals surface area contributed by atoms with Crippen molar-refractivity contribution in [2.24, 2.45) is 17.3 Å². The van der Waals surface area contributed by atoms with E-state index < -0.39 is 0 Å². The fourth-order valence-corrected chi connectivity index (χ4v) is 3.49. The Labute approximate surface area is 99.3 Å². The predicted octanol–water partition coefficient (Wildman–Crippen LogP) is 3.70. The van der Waals surface area contributed by atoms with Gasteiger partial charge >= 0.3 is 0 Å². The summed E-state index contributed by atoms with van der Waals surface area (Å²) in [6.07, 6.45) is 6.70. The van der Waals surface area contributed by atoms with Crippen LogP contribution in [0.4, 0.5) is 0 Å². The fraction of sp³-hybridized carbons (Fsp3) is 0.733. The van der Waals surface area contributed by atoms with Crippen LogP contribution in [-0.4, -0.2) is 11.2 Å². The Morgan fingerprint density at radius 2 is 2.25 bits per heavy atom. The smallest absolute Gasteiger partial charge is 0.0789 e. The third-order valence-electron chi connectivity index (χ3n) is 4.97. The van der Waals surface area contributed by atoms with Gasteiger partial charge in [-0.2, -0.15) is 0 Å². The molecule has 1 N–H and O–H groups in total. The van der Waals surface area contributed by atoms with Crippen molar-refractivity contribution in [2.75, 3.05) is 0 Å². The normalized spacial score (nSPS) is 43.5. The van der Waals surface area contributed by atoms with Gasteiger partial charge in [-0.1, -0.05) is 37.6 Å². The minimum atomic E-state index is -0.300. The number of hydrogen-bond acceptors (Lipinski definition) is 1. The molecule has 1 heteroatoms. The lowest BCUT2D eigenvalue weighted by atomic mass is 9.57. The minimum Gasteiger partial charge on any atom is -0.388 e. The highest BCUT2D eigenvalue weighted by molar-refractivity contribution is 5.26. The summed E-state index contributed by atoms with van der Waals surface area (Å²) in [5, 5.41) is 10.1. The van der Waals surface area contributed by atoms with Crippen molar-refractivity contribution in [3.63, 3.8) is 0 Å². The molecule has 2 aliphatic carbocycles. The molecule has 90 valence electrons. The van der Waals surface area contributed by atoms with E-state index in [4.69, 9.17) is 0 Å². The van der Waals surface area contributed by atoms with Crippen LogP contribution < -0.4 is 0 Å². The SMILES string of the molecule is C=C(C)[C@H]1C[C@]2(C)C(=C[C@H]1O)CCC[C@H]2C. The topological polar surface area (TPSA) is 20.2 Å². The number of hydrogen-bond donors (Lipinski definition) is 1. The first-order valence-electron chi connectivity index (χ1n) is 6.50. The van der Waals surface area contributed by atoms with Crippen molar-refractivity contribution in [2.45, 2.75) is 52.6 Å². The van der Waals surface area contributed by atoms with Crippen molar-refractivity contribution in [1.82, 2.24) is 0 Å². The van der Waals surface area contributed by atoms with Crippen LogP contribution in [0.2, 0.25) is 0 Å². The van der Waals surface area contributed by atoms with E-state index in [2.05, 4.69) is 26.5 Å². The van der Waals surface area contributed by atoms with Crippen LogP contribution in [0.25, 0.3) is 0 Å². The minimum absolute atomic E-state index is 0.259. The summed E-state index contributed by atoms with van der Waals surface area (Å²) in [5.74, 6) is 0.996. The highest BCUT2D eigenvalue weighted by atomic mass is 16.3. The molecule has 1 nitrogen and oxygen atoms in total. The monoisotopic (exact) mass is 220 g/mol. The second-order valence-corrected chi connectivity index (χ2v) is 6.05. The Morgan fingerprint density at radius 3 is 2.88 bits per heavy atom. The zero-order valence-corrected chi connectivity index (χ0v) is 10.8. The molecule has 4 atom stereocenters. The maximum absolute atomic E-state index is 10.1. The lowest BCUT2D eigenvalue weighted by molar-refractivity contribution is 0.0793. The van der Waals surface area contributed by atoms with Crippen molar-refractivity contribution in [3.8, 4) is 0 Å². The van der Waals surface area contributed by atoms with Gasteiger partial charge in [0.15, 0.2) is 0 Å². The summed E-state index contributed by atoms with van der Waals surface area (Å²) < 4.78 is 0. The van der Waals surface area contributed by atoms with Crippen molar-refractivity contribution in [3.05, 3.63) is 23.8 Å². The molecule has 0 aliphatic heterocycles. The Bertz CT molecular complexity index is 328. The molecule has 0 spiro atoms. The Hall–Kier alpha value is -0.560. The molecule has 0 heterocycles. The molecular formula is C15H24O. The Balaban J connectivity index is 2.34. The lowest BCUT2D eigenvalue weighted by Crippen LogP contribution is -2.40. The summed E-state index contributed by atoms with van der Waals surface area (Å²) in [6, 6.07) is 0. The van der Waals surface area contributed by atoms with Crippen molar-refractivity contribution < 1.29 is 5.11 Å². The molecule has 0 aromatic heterocycles. The summed E-state index contributed by atoms with van der Waals surface area (Å²) in [6.45, 7) is 10.8. The second-order valence-electron chi connectivity index (χ2n) is 6.05. The van der Waals surface area contributed by atoms with E-state index in [0.29, 0.717) is 5.41 Å². The maximum atomic E-state index is 10.1. The third kappa shape index (κ3) is 1.75. The average Bonchev–Trinajstić information content (AvgIpc) is 2.20. The molecular weight excluding hydrogens is 196 g/mol. The third-order valence-corrected chi connectivity index (χ3v) is 4.97. The zero-order chi connectivity index (χ0) is 11.9. The molecule has 2 rings (SSSR count). The average molecular weight is 220 g/mol. The van der Waals surface area contributed by atoms with Crippen LogP contribution in [0.15, 0.2) is 23.8 Å². The van der Waals surface area contributed by atoms with E-state index in [1.807, 2.05) is 6.92 Å². The van der Waals surface area contributed by atoms with Crippen molar-refractivity contribution in [1.29, 1.82) is 0 Å². The van der Waals surface area contributed by atoms with Crippen LogP contribution >= 0.6 is 0 Å². The van der Waals surface area contributed by atoms with Gasteiger partial charge in [-0.3, -0.25) is 0 Å². The quantitative estimate of drug-likeness (QED) is 0.668. The van der Waals surface area contributed by atoms with Crippen LogP contribution in [0, 0.1) is 17.3 Å². The molecule has 0 radical (unpaired) electrons. The van der Waals surface area contributed by atoms with E-state index >= 15 is 0 Å². The molecule has 1 fully saturated rings. The van der Waals surface area contributed by atoms with Gasteiger partial charge in [0.1, 0.15) is 0 Å². The molecule has 16 heavy (non-hydrogen) atoms. The summed E-state index contributed by atoms with van der Waals surface area (Å²) >= 11 is 0. The van der Waals surface area contributed by atoms with Crippen LogP contribution in [0.3, 0.4) is 0 Å². The lowest BCUT2D eigenvalue weighted by Gasteiger charge is -2.48. The van der Waals surface area contributed by atoms with Gasteiger partial charge in [-0.15, -0.1) is 0 Å². The molecule has 0 aromatic carbocycles. The van der Waals surface area contributed by atoms with Gasteiger partial charge in [-0.05, 0) is 43.9 Å². The van der Waals surface area contributed by atoms with E-state index in [1.165, 1.54) is 24.8 Å². The molecule has 0 bridgehead atoms. The van der Waals surface area contributed by atoms with Crippen LogP contribution in [-0.2, 0) is 0 Å². The predicted molar refractivity (Wildman–Crippen MR) is 68.1 cm³/mol. The molecule has 0 unspecified atom stereocenters. The van der Waals surface area contributed by atoms with Gasteiger partial charge in [-0.25, -0.2) is 0 Å². The molecule has 2 aliphatic rings.